The quantitative estimate of drug-likeness (QED) is 0.0197. The highest BCUT2D eigenvalue weighted by Crippen LogP contribution is 2.43. The molecule has 11 nitrogen and oxygen atoms in total. The van der Waals surface area contributed by atoms with E-state index in [0.29, 0.717) is 19.3 Å². The number of aliphatic hydroxyl groups is 1. The van der Waals surface area contributed by atoms with E-state index in [1.54, 1.807) is 0 Å². The summed E-state index contributed by atoms with van der Waals surface area (Å²) >= 11 is 0. The van der Waals surface area contributed by atoms with Crippen molar-refractivity contribution in [2.45, 2.75) is 213 Å². The van der Waals surface area contributed by atoms with Gasteiger partial charge in [-0.25, -0.2) is 4.57 Å². The number of unbranched alkanes of at least 4 members (excludes halogenated alkanes) is 14. The van der Waals surface area contributed by atoms with Crippen molar-refractivity contribution in [1.29, 1.82) is 0 Å². The van der Waals surface area contributed by atoms with Crippen LogP contribution in [0.5, 0.6) is 0 Å². The van der Waals surface area contributed by atoms with Crippen LogP contribution in [0.4, 0.5) is 0 Å². The molecule has 2 N–H and O–H groups in total. The van der Waals surface area contributed by atoms with Crippen LogP contribution in [0.1, 0.15) is 201 Å². The molecule has 0 heterocycles. The van der Waals surface area contributed by atoms with Crippen molar-refractivity contribution in [2.24, 2.45) is 0 Å². The first-order valence-corrected chi connectivity index (χ1v) is 27.6. The van der Waals surface area contributed by atoms with Gasteiger partial charge in [-0.15, -0.1) is 0 Å². The number of phosphoric ester groups is 1. The summed E-state index contributed by atoms with van der Waals surface area (Å²) in [5.74, 6) is -1.66. The van der Waals surface area contributed by atoms with Crippen molar-refractivity contribution in [3.8, 4) is 0 Å². The van der Waals surface area contributed by atoms with Crippen molar-refractivity contribution < 1.29 is 52.2 Å². The van der Waals surface area contributed by atoms with Crippen molar-refractivity contribution in [1.82, 2.24) is 0 Å². The predicted molar refractivity (Wildman–Crippen MR) is 279 cm³/mol. The summed E-state index contributed by atoms with van der Waals surface area (Å²) < 4.78 is 39.2. The number of ether oxygens (including phenoxy) is 3. The minimum atomic E-state index is -4.78. The number of allylic oxidation sites excluding steroid dienone is 16. The molecule has 3 atom stereocenters. The molecule has 0 amide bonds. The van der Waals surface area contributed by atoms with Gasteiger partial charge in [-0.1, -0.05) is 208 Å². The van der Waals surface area contributed by atoms with Gasteiger partial charge in [0.05, 0.1) is 19.8 Å². The fraction of sp³-hybridized carbons (Fsp3) is 0.661. The van der Waals surface area contributed by atoms with Crippen LogP contribution >= 0.6 is 7.82 Å². The van der Waals surface area contributed by atoms with Gasteiger partial charge in [0, 0.05) is 19.3 Å². The molecule has 0 radical (unpaired) electrons. The summed E-state index contributed by atoms with van der Waals surface area (Å²) in [6.07, 6.45) is 57.0. The minimum absolute atomic E-state index is 0.0386. The van der Waals surface area contributed by atoms with Crippen LogP contribution in [0, 0.1) is 0 Å². The summed E-state index contributed by atoms with van der Waals surface area (Å²) in [6.45, 7) is 4.23. The standard InChI is InChI=1S/C56H93O11P/c1-4-7-10-13-16-19-22-25-26-29-30-33-36-39-42-45-54(58)63-49-53(67-56(60)47-44-41-38-35-32-28-24-21-18-15-12-9-6-3)51-65-68(61,62)64-50-52(48-57)66-55(59)46-43-40-37-34-31-27-23-20-17-14-11-8-5-2/h8-9,11-12,17-18,20-21,27-28,31-32,37-38,40-41,52-53,57H,4-7,10,13-16,19,22-26,29-30,33-36,39,42-51H2,1-3H3,(H,61,62)/b11-8-,12-9-,20-17-,21-18-,31-27-,32-28-,40-37-,41-38-. The number of carbonyl (C=O) groups excluding carboxylic acids is 3. The zero-order valence-electron chi connectivity index (χ0n) is 42.5. The Bertz CT molecular complexity index is 1510. The summed E-state index contributed by atoms with van der Waals surface area (Å²) in [6, 6.07) is 0. The van der Waals surface area contributed by atoms with Crippen LogP contribution in [0.25, 0.3) is 0 Å². The van der Waals surface area contributed by atoms with Crippen molar-refractivity contribution >= 4 is 25.7 Å². The molecule has 0 spiro atoms. The third-order valence-corrected chi connectivity index (χ3v) is 11.5. The number of phosphoric acid groups is 1. The van der Waals surface area contributed by atoms with E-state index in [4.69, 9.17) is 23.3 Å². The van der Waals surface area contributed by atoms with Gasteiger partial charge in [-0.2, -0.15) is 0 Å². The summed E-state index contributed by atoms with van der Waals surface area (Å²) in [5.41, 5.74) is 0. The molecule has 0 aliphatic rings. The molecule has 388 valence electrons. The van der Waals surface area contributed by atoms with Crippen LogP contribution in [-0.2, 0) is 42.2 Å². The van der Waals surface area contributed by atoms with Gasteiger partial charge in [0.25, 0.3) is 0 Å². The second-order valence-electron chi connectivity index (χ2n) is 16.9. The number of hydrogen-bond donors (Lipinski definition) is 2. The second kappa shape index (κ2) is 49.8. The van der Waals surface area contributed by atoms with Crippen LogP contribution in [0.3, 0.4) is 0 Å². The minimum Gasteiger partial charge on any atom is -0.462 e. The Labute approximate surface area is 412 Å². The maximum absolute atomic E-state index is 12.8. The van der Waals surface area contributed by atoms with E-state index in [2.05, 4.69) is 87.6 Å². The number of hydrogen-bond acceptors (Lipinski definition) is 10. The molecular formula is C56H93O11P. The Morgan fingerprint density at radius 3 is 1.15 bits per heavy atom. The Morgan fingerprint density at radius 1 is 0.426 bits per heavy atom. The Hall–Kier alpha value is -3.60. The lowest BCUT2D eigenvalue weighted by Gasteiger charge is -2.21. The SMILES string of the molecule is CC/C=C\C/C=C\C/C=C\C/C=C\CCC(=O)OC(CO)COP(=O)(O)OCC(COC(=O)CCCCCCCCCCCCCCCCC)OC(=O)CC/C=C\C/C=C\C/C=C\C/C=C\CC. The number of rotatable bonds is 47. The third-order valence-electron chi connectivity index (χ3n) is 10.5. The van der Waals surface area contributed by atoms with Crippen LogP contribution < -0.4 is 0 Å². The highest BCUT2D eigenvalue weighted by molar-refractivity contribution is 7.47. The smallest absolute Gasteiger partial charge is 0.462 e. The van der Waals surface area contributed by atoms with Gasteiger partial charge in [0.15, 0.2) is 6.10 Å². The second-order valence-corrected chi connectivity index (χ2v) is 18.4. The van der Waals surface area contributed by atoms with Gasteiger partial charge >= 0.3 is 25.7 Å². The molecule has 0 aliphatic carbocycles. The summed E-state index contributed by atoms with van der Waals surface area (Å²) in [4.78, 5) is 48.2. The molecule has 12 heteroatoms. The maximum atomic E-state index is 12.8. The van der Waals surface area contributed by atoms with Crippen molar-refractivity contribution in [3.05, 3.63) is 97.2 Å². The van der Waals surface area contributed by atoms with Gasteiger partial charge in [0.1, 0.15) is 12.7 Å². The molecular weight excluding hydrogens is 880 g/mol. The van der Waals surface area contributed by atoms with E-state index < -0.39 is 57.8 Å². The first-order valence-electron chi connectivity index (χ1n) is 26.1. The van der Waals surface area contributed by atoms with Crippen LogP contribution in [0.2, 0.25) is 0 Å². The average molecular weight is 973 g/mol. The first-order chi connectivity index (χ1) is 33.2. The van der Waals surface area contributed by atoms with Gasteiger partial charge in [0.2, 0.25) is 0 Å². The highest BCUT2D eigenvalue weighted by Gasteiger charge is 2.28. The fourth-order valence-corrected chi connectivity index (χ4v) is 7.40. The topological polar surface area (TPSA) is 155 Å². The van der Waals surface area contributed by atoms with E-state index in [-0.39, 0.29) is 25.9 Å². The number of aliphatic hydroxyl groups excluding tert-OH is 1. The normalized spacial score (nSPS) is 14.2. The average Bonchev–Trinajstić information content (AvgIpc) is 3.32. The van der Waals surface area contributed by atoms with Crippen LogP contribution in [0.15, 0.2) is 97.2 Å². The molecule has 0 aromatic heterocycles. The Kier molecular flexibility index (Phi) is 47.2. The van der Waals surface area contributed by atoms with Crippen LogP contribution in [-0.4, -0.2) is 66.5 Å². The number of carbonyl (C=O) groups is 3. The maximum Gasteiger partial charge on any atom is 0.472 e. The molecule has 0 saturated heterocycles. The zero-order valence-corrected chi connectivity index (χ0v) is 43.4. The molecule has 0 fully saturated rings. The summed E-state index contributed by atoms with van der Waals surface area (Å²) in [7, 11) is -4.78. The first kappa shape index (κ1) is 64.4. The fourth-order valence-electron chi connectivity index (χ4n) is 6.62. The monoisotopic (exact) mass is 973 g/mol. The molecule has 0 bridgehead atoms. The lowest BCUT2D eigenvalue weighted by Crippen LogP contribution is -2.30. The van der Waals surface area contributed by atoms with E-state index in [1.807, 2.05) is 30.4 Å². The summed E-state index contributed by atoms with van der Waals surface area (Å²) in [5, 5.41) is 9.75. The van der Waals surface area contributed by atoms with Gasteiger partial charge in [-0.05, 0) is 70.6 Å². The molecule has 0 aliphatic heterocycles. The van der Waals surface area contributed by atoms with E-state index in [9.17, 15) is 28.9 Å². The van der Waals surface area contributed by atoms with E-state index in [0.717, 1.165) is 70.6 Å². The Morgan fingerprint density at radius 2 is 0.765 bits per heavy atom. The Balaban J connectivity index is 4.87. The zero-order chi connectivity index (χ0) is 49.9. The molecule has 3 unspecified atom stereocenters. The lowest BCUT2D eigenvalue weighted by atomic mass is 10.0. The molecule has 0 aromatic rings. The molecule has 0 rings (SSSR count). The number of esters is 3. The predicted octanol–water partition coefficient (Wildman–Crippen LogP) is 14.9. The highest BCUT2D eigenvalue weighted by atomic mass is 31.2. The largest absolute Gasteiger partial charge is 0.472 e. The lowest BCUT2D eigenvalue weighted by molar-refractivity contribution is -0.161. The van der Waals surface area contributed by atoms with Gasteiger partial charge < -0.3 is 24.2 Å². The van der Waals surface area contributed by atoms with Gasteiger partial charge in [-0.3, -0.25) is 23.4 Å². The van der Waals surface area contributed by atoms with Crippen molar-refractivity contribution in [3.63, 3.8) is 0 Å². The third kappa shape index (κ3) is 47.5. The van der Waals surface area contributed by atoms with E-state index >= 15 is 0 Å². The molecule has 0 aromatic carbocycles. The molecule has 0 saturated carbocycles. The molecule has 68 heavy (non-hydrogen) atoms. The van der Waals surface area contributed by atoms with E-state index in [1.165, 1.54) is 70.6 Å². The van der Waals surface area contributed by atoms with Crippen molar-refractivity contribution in [2.75, 3.05) is 26.4 Å².